The molecule has 2 atom stereocenters. The molecular formula is C55H86NO7P. The Bertz CT molecular complexity index is 1530. The van der Waals surface area contributed by atoms with Crippen LogP contribution in [0.15, 0.2) is 158 Å². The van der Waals surface area contributed by atoms with Crippen molar-refractivity contribution in [3.8, 4) is 0 Å². The SMILES string of the molecule is CC/C=C\C/C=C\C/C=C\C/C=C\C/C=C\C/C=C\C/C=C\CCCCOCC(COP(=O)(O)OCCN)OC(=O)CCCC/C=C\C/C=C\C/C=C\C/C=C\C/C=C\C/C=C\CC. The first-order valence-corrected chi connectivity index (χ1v) is 25.5. The zero-order valence-electron chi connectivity index (χ0n) is 39.7. The molecule has 0 saturated carbocycles. The molecule has 9 heteroatoms. The van der Waals surface area contributed by atoms with Crippen LogP contribution < -0.4 is 5.73 Å². The molecule has 0 aliphatic heterocycles. The van der Waals surface area contributed by atoms with E-state index in [1.54, 1.807) is 0 Å². The molecule has 0 fully saturated rings. The molecule has 0 aromatic carbocycles. The molecule has 64 heavy (non-hydrogen) atoms. The highest BCUT2D eigenvalue weighted by atomic mass is 31.2. The van der Waals surface area contributed by atoms with Crippen molar-refractivity contribution in [2.75, 3.05) is 33.0 Å². The maximum absolute atomic E-state index is 12.6. The third-order valence-corrected chi connectivity index (χ3v) is 9.92. The van der Waals surface area contributed by atoms with Crippen molar-refractivity contribution < 1.29 is 32.8 Å². The van der Waals surface area contributed by atoms with Crippen molar-refractivity contribution in [3.05, 3.63) is 158 Å². The summed E-state index contributed by atoms with van der Waals surface area (Å²) in [6.07, 6.45) is 74.2. The van der Waals surface area contributed by atoms with Crippen LogP contribution in [0.3, 0.4) is 0 Å². The number of carbonyl (C=O) groups excluding carboxylic acids is 1. The average molecular weight is 904 g/mol. The fraction of sp³-hybridized carbons (Fsp3) is 0.509. The summed E-state index contributed by atoms with van der Waals surface area (Å²) in [5.74, 6) is -0.396. The van der Waals surface area contributed by atoms with Gasteiger partial charge in [-0.25, -0.2) is 4.57 Å². The van der Waals surface area contributed by atoms with Crippen LogP contribution in [0.25, 0.3) is 0 Å². The van der Waals surface area contributed by atoms with E-state index in [9.17, 15) is 14.3 Å². The summed E-state index contributed by atoms with van der Waals surface area (Å²) in [6.45, 7) is 4.46. The summed E-state index contributed by atoms with van der Waals surface area (Å²) in [5, 5.41) is 0. The molecule has 0 aliphatic rings. The van der Waals surface area contributed by atoms with Crippen LogP contribution in [0.5, 0.6) is 0 Å². The molecule has 0 bridgehead atoms. The molecule has 3 N–H and O–H groups in total. The third kappa shape index (κ3) is 49.1. The number of allylic oxidation sites excluding steroid dienone is 26. The largest absolute Gasteiger partial charge is 0.472 e. The average Bonchev–Trinajstić information content (AvgIpc) is 3.29. The number of unbranched alkanes of at least 4 members (excludes halogenated alkanes) is 4. The number of phosphoric ester groups is 1. The number of phosphoric acid groups is 1. The van der Waals surface area contributed by atoms with Crippen LogP contribution >= 0.6 is 7.82 Å². The highest BCUT2D eigenvalue weighted by Crippen LogP contribution is 2.43. The first kappa shape index (κ1) is 60.1. The van der Waals surface area contributed by atoms with Crippen molar-refractivity contribution in [2.24, 2.45) is 5.73 Å². The lowest BCUT2D eigenvalue weighted by molar-refractivity contribution is -0.154. The number of nitrogens with two attached hydrogens (primary N) is 1. The van der Waals surface area contributed by atoms with Gasteiger partial charge in [-0.15, -0.1) is 0 Å². The Morgan fingerprint density at radius 2 is 0.812 bits per heavy atom. The van der Waals surface area contributed by atoms with Gasteiger partial charge in [0.15, 0.2) is 0 Å². The van der Waals surface area contributed by atoms with Gasteiger partial charge in [0.05, 0.1) is 19.8 Å². The first-order chi connectivity index (χ1) is 31.4. The zero-order valence-corrected chi connectivity index (χ0v) is 40.6. The normalized spacial score (nSPS) is 14.8. The molecule has 0 saturated heterocycles. The minimum Gasteiger partial charge on any atom is -0.457 e. The smallest absolute Gasteiger partial charge is 0.457 e. The van der Waals surface area contributed by atoms with Gasteiger partial charge in [0, 0.05) is 19.6 Å². The Morgan fingerprint density at radius 1 is 0.469 bits per heavy atom. The van der Waals surface area contributed by atoms with Crippen molar-refractivity contribution >= 4 is 13.8 Å². The minimum atomic E-state index is -4.32. The Morgan fingerprint density at radius 3 is 1.17 bits per heavy atom. The molecule has 0 aromatic heterocycles. The second-order valence-electron chi connectivity index (χ2n) is 14.9. The molecule has 0 aliphatic carbocycles. The number of rotatable bonds is 43. The van der Waals surface area contributed by atoms with Crippen LogP contribution in [0.4, 0.5) is 0 Å². The standard InChI is InChI=1S/C55H86NO7P/c1-3-5-7-9-11-13-15-17-19-21-23-25-26-27-29-31-33-35-37-39-41-43-45-47-50-60-52-54(53-62-64(58,59)61-51-49-56)63-55(57)48-46-44-42-40-38-36-34-32-30-28-24-22-20-18-16-14-12-10-8-6-4-2/h5-8,11-14,17-20,23-25,27-29,32-35,38-41,54H,3-4,9-10,15-16,21-22,26,30-31,36-37,42-53,56H2,1-2H3,(H,58,59)/b7-5-,8-6-,13-11-,14-12-,19-17-,20-18-,25-23-,28-24-,29-27-,34-32-,35-33-,40-38-,41-39-. The molecular weight excluding hydrogens is 818 g/mol. The molecule has 0 spiro atoms. The molecule has 0 heterocycles. The Balaban J connectivity index is 4.23. The Hall–Kier alpha value is -3.88. The van der Waals surface area contributed by atoms with Crippen LogP contribution in [0.1, 0.15) is 142 Å². The predicted octanol–water partition coefficient (Wildman–Crippen LogP) is 15.1. The molecule has 0 rings (SSSR count). The van der Waals surface area contributed by atoms with Gasteiger partial charge < -0.3 is 20.1 Å². The van der Waals surface area contributed by atoms with Gasteiger partial charge >= 0.3 is 13.8 Å². The second kappa shape index (κ2) is 50.1. The molecule has 8 nitrogen and oxygen atoms in total. The minimum absolute atomic E-state index is 0.0552. The van der Waals surface area contributed by atoms with Crippen LogP contribution in [-0.2, 0) is 27.9 Å². The number of esters is 1. The zero-order chi connectivity index (χ0) is 46.5. The summed E-state index contributed by atoms with van der Waals surface area (Å²) in [6, 6.07) is 0. The van der Waals surface area contributed by atoms with E-state index in [1.807, 2.05) is 0 Å². The van der Waals surface area contributed by atoms with Gasteiger partial charge in [0.1, 0.15) is 6.10 Å². The Kier molecular flexibility index (Phi) is 47.1. The maximum Gasteiger partial charge on any atom is 0.472 e. The number of hydrogen-bond donors (Lipinski definition) is 2. The van der Waals surface area contributed by atoms with Crippen LogP contribution in [0, 0.1) is 0 Å². The second-order valence-corrected chi connectivity index (χ2v) is 16.3. The van der Waals surface area contributed by atoms with Gasteiger partial charge in [0.2, 0.25) is 0 Å². The summed E-state index contributed by atoms with van der Waals surface area (Å²) in [5.41, 5.74) is 5.37. The van der Waals surface area contributed by atoms with E-state index in [-0.39, 0.29) is 32.8 Å². The van der Waals surface area contributed by atoms with Crippen LogP contribution in [0.2, 0.25) is 0 Å². The van der Waals surface area contributed by atoms with Gasteiger partial charge in [0.25, 0.3) is 0 Å². The lowest BCUT2D eigenvalue weighted by atomic mass is 10.2. The summed E-state index contributed by atoms with van der Waals surface area (Å²) < 4.78 is 33.4. The van der Waals surface area contributed by atoms with E-state index in [2.05, 4.69) is 172 Å². The van der Waals surface area contributed by atoms with Crippen LogP contribution in [-0.4, -0.2) is 49.9 Å². The quantitative estimate of drug-likeness (QED) is 0.0269. The van der Waals surface area contributed by atoms with Crippen molar-refractivity contribution in [1.82, 2.24) is 0 Å². The fourth-order valence-corrected chi connectivity index (χ4v) is 6.27. The molecule has 0 radical (unpaired) electrons. The van der Waals surface area contributed by atoms with E-state index < -0.39 is 19.9 Å². The van der Waals surface area contributed by atoms with E-state index in [1.165, 1.54) is 0 Å². The van der Waals surface area contributed by atoms with Gasteiger partial charge in [-0.2, -0.15) is 0 Å². The third-order valence-electron chi connectivity index (χ3n) is 8.94. The maximum atomic E-state index is 12.6. The summed E-state index contributed by atoms with van der Waals surface area (Å²) in [4.78, 5) is 22.5. The molecule has 0 aromatic rings. The van der Waals surface area contributed by atoms with E-state index in [4.69, 9.17) is 24.3 Å². The highest BCUT2D eigenvalue weighted by Gasteiger charge is 2.25. The van der Waals surface area contributed by atoms with Gasteiger partial charge in [-0.1, -0.05) is 172 Å². The predicted molar refractivity (Wildman–Crippen MR) is 274 cm³/mol. The first-order valence-electron chi connectivity index (χ1n) is 24.0. The van der Waals surface area contributed by atoms with Gasteiger partial charge in [-0.3, -0.25) is 13.8 Å². The van der Waals surface area contributed by atoms with E-state index in [0.29, 0.717) is 13.0 Å². The lowest BCUT2D eigenvalue weighted by Gasteiger charge is -2.20. The number of carbonyl (C=O) groups is 1. The molecule has 0 amide bonds. The van der Waals surface area contributed by atoms with E-state index in [0.717, 1.165) is 116 Å². The molecule has 2 unspecified atom stereocenters. The van der Waals surface area contributed by atoms with Gasteiger partial charge in [-0.05, 0) is 122 Å². The fourth-order valence-electron chi connectivity index (χ4n) is 5.51. The molecule has 358 valence electrons. The van der Waals surface area contributed by atoms with E-state index >= 15 is 0 Å². The number of hydrogen-bond acceptors (Lipinski definition) is 7. The van der Waals surface area contributed by atoms with Crippen molar-refractivity contribution in [1.29, 1.82) is 0 Å². The highest BCUT2D eigenvalue weighted by molar-refractivity contribution is 7.47. The summed E-state index contributed by atoms with van der Waals surface area (Å²) in [7, 11) is -4.32. The monoisotopic (exact) mass is 904 g/mol. The topological polar surface area (TPSA) is 117 Å². The lowest BCUT2D eigenvalue weighted by Crippen LogP contribution is -2.28. The summed E-state index contributed by atoms with van der Waals surface area (Å²) >= 11 is 0. The van der Waals surface area contributed by atoms with Crippen molar-refractivity contribution in [3.63, 3.8) is 0 Å². The number of ether oxygens (including phenoxy) is 2. The van der Waals surface area contributed by atoms with Crippen molar-refractivity contribution in [2.45, 2.75) is 148 Å². The Labute approximate surface area is 390 Å².